The number of methoxy groups -OCH3 is 1. The van der Waals surface area contributed by atoms with E-state index in [2.05, 4.69) is 15.0 Å². The lowest BCUT2D eigenvalue weighted by atomic mass is 9.94. The second-order valence-corrected chi connectivity index (χ2v) is 9.56. The highest BCUT2D eigenvalue weighted by Gasteiger charge is 2.25. The molecule has 2 N–H and O–H groups in total. The average Bonchev–Trinajstić information content (AvgIpc) is 2.84. The quantitative estimate of drug-likeness (QED) is 0.547. The predicted molar refractivity (Wildman–Crippen MR) is 124 cm³/mol. The van der Waals surface area contributed by atoms with Crippen LogP contribution < -0.4 is 15.2 Å². The Hall–Kier alpha value is -2.33. The predicted octanol–water partition coefficient (Wildman–Crippen LogP) is 0.562. The third kappa shape index (κ3) is 5.60. The van der Waals surface area contributed by atoms with Gasteiger partial charge in [0.15, 0.2) is 8.38 Å². The van der Waals surface area contributed by atoms with Crippen LogP contribution in [0.5, 0.6) is 5.88 Å². The Morgan fingerprint density at radius 2 is 1.97 bits per heavy atom. The molecule has 11 nitrogen and oxygen atoms in total. The number of amides is 1. The molecule has 0 spiro atoms. The highest BCUT2D eigenvalue weighted by Crippen LogP contribution is 2.33. The third-order valence-corrected chi connectivity index (χ3v) is 6.96. The van der Waals surface area contributed by atoms with Crippen molar-refractivity contribution >= 4 is 30.9 Å². The fraction of sp³-hybridized carbons (Fsp3) is 0.619. The minimum absolute atomic E-state index is 0.131. The average molecular weight is 479 g/mol. The van der Waals surface area contributed by atoms with Crippen LogP contribution in [0.15, 0.2) is 17.1 Å². The van der Waals surface area contributed by atoms with Gasteiger partial charge in [0.25, 0.3) is 5.56 Å². The smallest absolute Gasteiger partial charge is 0.278 e. The fourth-order valence-electron chi connectivity index (χ4n) is 4.38. The Morgan fingerprint density at radius 3 is 2.64 bits per heavy atom. The van der Waals surface area contributed by atoms with E-state index in [0.717, 1.165) is 19.3 Å². The molecule has 0 radical (unpaired) electrons. The summed E-state index contributed by atoms with van der Waals surface area (Å²) in [5, 5.41) is 5.27. The number of piperidine rings is 1. The first-order chi connectivity index (χ1) is 16.0. The molecule has 0 bridgehead atoms. The molecule has 0 aromatic carbocycles. The van der Waals surface area contributed by atoms with Gasteiger partial charge in [0.2, 0.25) is 11.8 Å². The van der Waals surface area contributed by atoms with Gasteiger partial charge in [0, 0.05) is 43.8 Å². The Labute approximate surface area is 192 Å². The van der Waals surface area contributed by atoms with E-state index in [1.54, 1.807) is 17.2 Å². The monoisotopic (exact) mass is 479 g/mol. The normalized spacial score (nSPS) is 17.7. The van der Waals surface area contributed by atoms with Gasteiger partial charge in [-0.15, -0.1) is 0 Å². The number of anilines is 1. The number of carbonyl (C=O) groups excluding carboxylic acids is 1. The van der Waals surface area contributed by atoms with E-state index in [-0.39, 0.29) is 18.0 Å². The van der Waals surface area contributed by atoms with Crippen LogP contribution in [0, 0.1) is 5.92 Å². The van der Waals surface area contributed by atoms with Crippen molar-refractivity contribution in [2.45, 2.75) is 25.8 Å². The van der Waals surface area contributed by atoms with Gasteiger partial charge in [-0.1, -0.05) is 0 Å². The number of aromatic nitrogens is 3. The number of carbonyl (C=O) groups is 1. The summed E-state index contributed by atoms with van der Waals surface area (Å²) in [6.07, 6.45) is 4.53. The summed E-state index contributed by atoms with van der Waals surface area (Å²) in [6, 6.07) is 1.68. The van der Waals surface area contributed by atoms with Crippen LogP contribution in [0.3, 0.4) is 0 Å². The van der Waals surface area contributed by atoms with Gasteiger partial charge < -0.3 is 29.1 Å². The second-order valence-electron chi connectivity index (χ2n) is 8.37. The molecule has 4 rings (SSSR count). The molecule has 0 saturated carbocycles. The molecule has 12 heteroatoms. The van der Waals surface area contributed by atoms with Gasteiger partial charge in [-0.2, -0.15) is 10.1 Å². The van der Waals surface area contributed by atoms with Crippen molar-refractivity contribution in [2.75, 3.05) is 57.6 Å². The van der Waals surface area contributed by atoms with Crippen molar-refractivity contribution in [3.05, 3.63) is 22.6 Å². The van der Waals surface area contributed by atoms with E-state index in [1.165, 1.54) is 11.8 Å². The minimum Gasteiger partial charge on any atom is -0.481 e. The van der Waals surface area contributed by atoms with E-state index in [0.29, 0.717) is 73.9 Å². The van der Waals surface area contributed by atoms with Crippen LogP contribution in [0.4, 0.5) is 5.82 Å². The molecule has 33 heavy (non-hydrogen) atoms. The first-order valence-electron chi connectivity index (χ1n) is 11.2. The summed E-state index contributed by atoms with van der Waals surface area (Å²) >= 11 is 0. The molecule has 0 unspecified atom stereocenters. The molecular weight excluding hydrogens is 449 g/mol. The number of rotatable bonds is 7. The van der Waals surface area contributed by atoms with E-state index in [9.17, 15) is 19.4 Å². The Balaban J connectivity index is 1.59. The Bertz CT molecular complexity index is 1030. The molecule has 1 amide bonds. The molecule has 180 valence electrons. The zero-order valence-corrected chi connectivity index (χ0v) is 19.6. The first-order valence-corrected chi connectivity index (χ1v) is 12.6. The summed E-state index contributed by atoms with van der Waals surface area (Å²) in [4.78, 5) is 52.8. The Kier molecular flexibility index (Phi) is 7.75. The van der Waals surface area contributed by atoms with Crippen LogP contribution >= 0.6 is 8.38 Å². The lowest BCUT2D eigenvalue weighted by molar-refractivity contribution is -0.136. The lowest BCUT2D eigenvalue weighted by Gasteiger charge is -2.33. The van der Waals surface area contributed by atoms with Crippen molar-refractivity contribution in [1.29, 1.82) is 0 Å². The van der Waals surface area contributed by atoms with Crippen LogP contribution in [-0.4, -0.2) is 88.0 Å². The van der Waals surface area contributed by atoms with Crippen LogP contribution in [0.25, 0.3) is 10.8 Å². The maximum absolute atomic E-state index is 13.4. The number of hydrogen-bond donors (Lipinski definition) is 2. The molecule has 2 saturated heterocycles. The molecule has 4 heterocycles. The largest absolute Gasteiger partial charge is 0.481 e. The SMILES string of the molecule is COc1cc2cnn(CC(=O)N3CCOCC3)c(=O)c2c(N2CCC(CCP(O)O)CC2)n1. The maximum Gasteiger partial charge on any atom is 0.278 e. The van der Waals surface area contributed by atoms with E-state index >= 15 is 0 Å². The van der Waals surface area contributed by atoms with Crippen molar-refractivity contribution in [1.82, 2.24) is 19.7 Å². The van der Waals surface area contributed by atoms with Gasteiger partial charge in [-0.25, -0.2) is 4.68 Å². The van der Waals surface area contributed by atoms with Crippen molar-refractivity contribution in [3.63, 3.8) is 0 Å². The zero-order chi connectivity index (χ0) is 23.4. The van der Waals surface area contributed by atoms with Crippen molar-refractivity contribution < 1.29 is 24.1 Å². The highest BCUT2D eigenvalue weighted by atomic mass is 31.2. The molecule has 2 aliphatic rings. The van der Waals surface area contributed by atoms with E-state index < -0.39 is 8.38 Å². The van der Waals surface area contributed by atoms with Gasteiger partial charge in [0.05, 0.1) is 31.9 Å². The molecule has 2 fully saturated rings. The van der Waals surface area contributed by atoms with E-state index in [4.69, 9.17) is 9.47 Å². The molecule has 0 atom stereocenters. The number of fused-ring (bicyclic) bond motifs is 1. The number of hydrogen-bond acceptors (Lipinski definition) is 9. The van der Waals surface area contributed by atoms with Crippen LogP contribution in [-0.2, 0) is 16.1 Å². The van der Waals surface area contributed by atoms with Crippen LogP contribution in [0.1, 0.15) is 19.3 Å². The van der Waals surface area contributed by atoms with Gasteiger partial charge in [-0.05, 0) is 25.2 Å². The number of nitrogens with zero attached hydrogens (tertiary/aromatic N) is 5. The van der Waals surface area contributed by atoms with Crippen LogP contribution in [0.2, 0.25) is 0 Å². The summed E-state index contributed by atoms with van der Waals surface area (Å²) in [7, 11) is -0.333. The molecule has 0 aliphatic carbocycles. The third-order valence-electron chi connectivity index (χ3n) is 6.30. The summed E-state index contributed by atoms with van der Waals surface area (Å²) in [5.74, 6) is 1.18. The van der Waals surface area contributed by atoms with E-state index in [1.807, 2.05) is 0 Å². The first kappa shape index (κ1) is 23.8. The zero-order valence-electron chi connectivity index (χ0n) is 18.7. The lowest BCUT2D eigenvalue weighted by Crippen LogP contribution is -2.44. The summed E-state index contributed by atoms with van der Waals surface area (Å²) < 4.78 is 11.9. The number of ether oxygens (including phenoxy) is 2. The van der Waals surface area contributed by atoms with Gasteiger partial charge in [-0.3, -0.25) is 9.59 Å². The topological polar surface area (TPSA) is 130 Å². The molecule has 2 aliphatic heterocycles. The molecular formula is C21H30N5O6P. The van der Waals surface area contributed by atoms with Crippen molar-refractivity contribution in [2.24, 2.45) is 5.92 Å². The minimum atomic E-state index is -1.86. The molecule has 2 aromatic heterocycles. The number of morpholine rings is 1. The van der Waals surface area contributed by atoms with Gasteiger partial charge in [0.1, 0.15) is 12.4 Å². The van der Waals surface area contributed by atoms with Gasteiger partial charge >= 0.3 is 0 Å². The highest BCUT2D eigenvalue weighted by molar-refractivity contribution is 7.45. The second kappa shape index (κ2) is 10.7. The van der Waals surface area contributed by atoms with Crippen molar-refractivity contribution in [3.8, 4) is 5.88 Å². The summed E-state index contributed by atoms with van der Waals surface area (Å²) in [5.41, 5.74) is -0.354. The Morgan fingerprint density at radius 1 is 1.24 bits per heavy atom. The maximum atomic E-state index is 13.4. The standard InChI is InChI=1S/C21H30N5O6P/c1-31-17-12-16-13-22-26(14-18(27)24-7-9-32-10-8-24)21(28)19(16)20(23-17)25-5-2-15(3-6-25)4-11-33(29)30/h12-13,15,29-30H,2-11,14H2,1H3. The summed E-state index contributed by atoms with van der Waals surface area (Å²) in [6.45, 7) is 3.27. The molecule has 2 aromatic rings. The fourth-order valence-corrected chi connectivity index (χ4v) is 4.98. The number of pyridine rings is 1.